The standard InChI is InChI=1S/C16H30N2.C16H18.C6H12/c1-6-7-13-18(15(4)17-5)16(14(2)3)11-9-8-10-12-16;1-3-14-9-11-16(12-10-14)13(2)15-7-5-4-6-8-15;1-2-4-6-5-3-1/h17H,2,4,6-13H2,1,3,5H3;4-13H,3H2,1-2H3;1-6H2. The van der Waals surface area contributed by atoms with Gasteiger partial charge in [0.15, 0.2) is 0 Å². The summed E-state index contributed by atoms with van der Waals surface area (Å²) in [6, 6.07) is 19.6. The van der Waals surface area contributed by atoms with E-state index in [-0.39, 0.29) is 5.54 Å². The van der Waals surface area contributed by atoms with Gasteiger partial charge < -0.3 is 10.2 Å². The Morgan fingerprint density at radius 1 is 0.800 bits per heavy atom. The van der Waals surface area contributed by atoms with Crippen molar-refractivity contribution in [2.24, 2.45) is 0 Å². The summed E-state index contributed by atoms with van der Waals surface area (Å²) in [5, 5.41) is 3.24. The average Bonchev–Trinajstić information content (AvgIpc) is 3.03. The van der Waals surface area contributed by atoms with Crippen LogP contribution in [0.15, 0.2) is 79.1 Å². The van der Waals surface area contributed by atoms with Gasteiger partial charge in [-0.25, -0.2) is 0 Å². The van der Waals surface area contributed by atoms with Crippen LogP contribution >= 0.6 is 0 Å². The fourth-order valence-corrected chi connectivity index (χ4v) is 6.16. The second-order valence-corrected chi connectivity index (χ2v) is 11.9. The molecule has 1 N–H and O–H groups in total. The lowest BCUT2D eigenvalue weighted by atomic mass is 9.75. The summed E-state index contributed by atoms with van der Waals surface area (Å²) < 4.78 is 0. The first-order valence-corrected chi connectivity index (χ1v) is 16.3. The molecule has 0 saturated heterocycles. The second kappa shape index (κ2) is 18.8. The van der Waals surface area contributed by atoms with Gasteiger partial charge in [-0.1, -0.05) is 158 Å². The monoisotopic (exact) mass is 544 g/mol. The number of aryl methyl sites for hydroxylation is 1. The number of unbranched alkanes of at least 4 members (excludes halogenated alkanes) is 1. The molecule has 222 valence electrons. The van der Waals surface area contributed by atoms with Gasteiger partial charge in [-0.05, 0) is 49.3 Å². The fraction of sp³-hybridized carbons (Fsp3) is 0.579. The Balaban J connectivity index is 0.000000233. The lowest BCUT2D eigenvalue weighted by Gasteiger charge is -2.49. The van der Waals surface area contributed by atoms with Crippen molar-refractivity contribution in [1.29, 1.82) is 0 Å². The molecule has 0 aliphatic heterocycles. The highest BCUT2D eigenvalue weighted by Gasteiger charge is 2.38. The fourth-order valence-electron chi connectivity index (χ4n) is 6.16. The molecule has 2 heteroatoms. The molecule has 2 fully saturated rings. The van der Waals surface area contributed by atoms with Crippen LogP contribution in [0.1, 0.15) is 134 Å². The average molecular weight is 545 g/mol. The van der Waals surface area contributed by atoms with Crippen LogP contribution in [-0.2, 0) is 6.42 Å². The number of hydrogen-bond donors (Lipinski definition) is 1. The lowest BCUT2D eigenvalue weighted by Crippen LogP contribution is -2.52. The molecule has 2 aliphatic rings. The van der Waals surface area contributed by atoms with Crippen molar-refractivity contribution in [3.8, 4) is 0 Å². The topological polar surface area (TPSA) is 15.3 Å². The summed E-state index contributed by atoms with van der Waals surface area (Å²) in [4.78, 5) is 2.48. The molecular formula is C38H60N2. The highest BCUT2D eigenvalue weighted by atomic mass is 15.3. The second-order valence-electron chi connectivity index (χ2n) is 11.9. The molecule has 2 saturated carbocycles. The Kier molecular flexibility index (Phi) is 15.8. The summed E-state index contributed by atoms with van der Waals surface area (Å²) >= 11 is 0. The van der Waals surface area contributed by atoms with Crippen molar-refractivity contribution in [3.63, 3.8) is 0 Å². The van der Waals surface area contributed by atoms with Crippen LogP contribution in [0.4, 0.5) is 0 Å². The molecule has 4 rings (SSSR count). The number of nitrogens with one attached hydrogen (secondary N) is 1. The molecule has 2 aromatic carbocycles. The maximum atomic E-state index is 4.29. The lowest BCUT2D eigenvalue weighted by molar-refractivity contribution is 0.109. The van der Waals surface area contributed by atoms with Crippen LogP contribution in [0.3, 0.4) is 0 Å². The molecular weight excluding hydrogens is 484 g/mol. The van der Waals surface area contributed by atoms with Crippen molar-refractivity contribution in [3.05, 3.63) is 95.8 Å². The summed E-state index contributed by atoms with van der Waals surface area (Å²) in [5.41, 5.74) is 5.63. The molecule has 2 nitrogen and oxygen atoms in total. The maximum Gasteiger partial charge on any atom is 0.0943 e. The number of rotatable bonds is 10. The summed E-state index contributed by atoms with van der Waals surface area (Å²) in [6.07, 6.45) is 19.0. The van der Waals surface area contributed by atoms with Crippen molar-refractivity contribution >= 4 is 0 Å². The van der Waals surface area contributed by atoms with Gasteiger partial charge in [-0.15, -0.1) is 0 Å². The van der Waals surface area contributed by atoms with Gasteiger partial charge in [0.05, 0.1) is 11.4 Å². The van der Waals surface area contributed by atoms with Gasteiger partial charge in [0.2, 0.25) is 0 Å². The smallest absolute Gasteiger partial charge is 0.0943 e. The first-order chi connectivity index (χ1) is 19.4. The predicted molar refractivity (Wildman–Crippen MR) is 178 cm³/mol. The maximum absolute atomic E-state index is 4.29. The molecule has 1 unspecified atom stereocenters. The third-order valence-electron chi connectivity index (χ3n) is 9.03. The number of benzene rings is 2. The molecule has 2 aliphatic carbocycles. The van der Waals surface area contributed by atoms with Crippen LogP contribution in [-0.4, -0.2) is 24.0 Å². The minimum absolute atomic E-state index is 0.146. The van der Waals surface area contributed by atoms with Crippen LogP contribution in [0.2, 0.25) is 0 Å². The van der Waals surface area contributed by atoms with Gasteiger partial charge in [0.25, 0.3) is 0 Å². The Morgan fingerprint density at radius 3 is 1.75 bits per heavy atom. The zero-order valence-electron chi connectivity index (χ0n) is 26.7. The van der Waals surface area contributed by atoms with E-state index in [2.05, 4.69) is 106 Å². The molecule has 0 spiro atoms. The van der Waals surface area contributed by atoms with Crippen LogP contribution < -0.4 is 5.32 Å². The van der Waals surface area contributed by atoms with Crippen molar-refractivity contribution < 1.29 is 0 Å². The van der Waals surface area contributed by atoms with E-state index >= 15 is 0 Å². The molecule has 0 aromatic heterocycles. The van der Waals surface area contributed by atoms with Gasteiger partial charge in [0, 0.05) is 19.5 Å². The molecule has 0 bridgehead atoms. The molecule has 0 heterocycles. The largest absolute Gasteiger partial charge is 0.375 e. The quantitative estimate of drug-likeness (QED) is 0.299. The molecule has 2 aromatic rings. The Labute approximate surface area is 248 Å². The van der Waals surface area contributed by atoms with E-state index in [9.17, 15) is 0 Å². The highest BCUT2D eigenvalue weighted by Crippen LogP contribution is 2.40. The van der Waals surface area contributed by atoms with E-state index in [4.69, 9.17) is 0 Å². The molecule has 1 atom stereocenters. The predicted octanol–water partition coefficient (Wildman–Crippen LogP) is 10.8. The molecule has 40 heavy (non-hydrogen) atoms. The zero-order valence-corrected chi connectivity index (χ0v) is 26.7. The Morgan fingerprint density at radius 2 is 1.30 bits per heavy atom. The minimum atomic E-state index is 0.146. The zero-order chi connectivity index (χ0) is 29.2. The van der Waals surface area contributed by atoms with Crippen molar-refractivity contribution in [1.82, 2.24) is 10.2 Å². The van der Waals surface area contributed by atoms with Crippen molar-refractivity contribution in [2.45, 2.75) is 129 Å². The van der Waals surface area contributed by atoms with Gasteiger partial charge in [0.1, 0.15) is 0 Å². The van der Waals surface area contributed by atoms with Crippen LogP contribution in [0.5, 0.6) is 0 Å². The molecule has 0 amide bonds. The third kappa shape index (κ3) is 10.5. The highest BCUT2D eigenvalue weighted by molar-refractivity contribution is 5.33. The Hall–Kier alpha value is -2.48. The van der Waals surface area contributed by atoms with E-state index in [1.165, 1.54) is 106 Å². The van der Waals surface area contributed by atoms with E-state index in [1.807, 2.05) is 7.05 Å². The SMILES string of the molecule is C1CCCCC1.C=C(NC)N(CCCC)C1(C(=C)C)CCCCC1.CCc1ccc(C(C)c2ccccc2)cc1. The first kappa shape index (κ1) is 33.7. The summed E-state index contributed by atoms with van der Waals surface area (Å²) in [7, 11) is 1.97. The number of nitrogens with zero attached hydrogens (tertiary/aromatic N) is 1. The summed E-state index contributed by atoms with van der Waals surface area (Å²) in [6.45, 7) is 18.5. The normalized spacial score (nSPS) is 16.7. The van der Waals surface area contributed by atoms with Gasteiger partial charge in [-0.3, -0.25) is 0 Å². The van der Waals surface area contributed by atoms with E-state index in [0.29, 0.717) is 5.92 Å². The number of hydrogen-bond acceptors (Lipinski definition) is 2. The van der Waals surface area contributed by atoms with Crippen molar-refractivity contribution in [2.75, 3.05) is 13.6 Å². The molecule has 0 radical (unpaired) electrons. The van der Waals surface area contributed by atoms with E-state index in [1.54, 1.807) is 0 Å². The minimum Gasteiger partial charge on any atom is -0.375 e. The third-order valence-corrected chi connectivity index (χ3v) is 9.03. The summed E-state index contributed by atoms with van der Waals surface area (Å²) in [5.74, 6) is 1.53. The Bertz CT molecular complexity index is 937. The first-order valence-electron chi connectivity index (χ1n) is 16.3. The van der Waals surface area contributed by atoms with E-state index < -0.39 is 0 Å². The van der Waals surface area contributed by atoms with E-state index in [0.717, 1.165) is 18.8 Å². The van der Waals surface area contributed by atoms with Gasteiger partial charge >= 0.3 is 0 Å². The van der Waals surface area contributed by atoms with Gasteiger partial charge in [-0.2, -0.15) is 0 Å². The van der Waals surface area contributed by atoms with Crippen LogP contribution in [0, 0.1) is 0 Å². The van der Waals surface area contributed by atoms with Crippen LogP contribution in [0.25, 0.3) is 0 Å².